The van der Waals surface area contributed by atoms with Crippen LogP contribution in [-0.2, 0) is 0 Å². The standard InChI is InChI=1S/C24H25Cl2N3O3/c1-31-18-7-8-19-21(15-18)32-16-23(26)29(24(19)30)12-3-2-11-28-13-9-17(10-14-28)20-5-4-6-22(25)27-20/h4-9,15-16H,2-3,10-14H2,1H3. The van der Waals surface area contributed by atoms with Crippen molar-refractivity contribution in [3.05, 3.63) is 70.3 Å². The number of hydrogen-bond acceptors (Lipinski definition) is 5. The lowest BCUT2D eigenvalue weighted by atomic mass is 10.0. The molecule has 0 unspecified atom stereocenters. The number of ether oxygens (including phenoxy) is 2. The Morgan fingerprint density at radius 3 is 2.75 bits per heavy atom. The van der Waals surface area contributed by atoms with Crippen LogP contribution < -0.4 is 9.47 Å². The van der Waals surface area contributed by atoms with E-state index in [0.29, 0.717) is 28.8 Å². The van der Waals surface area contributed by atoms with Crippen LogP contribution in [0, 0.1) is 0 Å². The average molecular weight is 474 g/mol. The van der Waals surface area contributed by atoms with Crippen molar-refractivity contribution in [2.45, 2.75) is 19.3 Å². The van der Waals surface area contributed by atoms with Crippen LogP contribution in [0.4, 0.5) is 0 Å². The molecule has 2 aromatic rings. The first kappa shape index (κ1) is 22.6. The number of aromatic nitrogens is 1. The third kappa shape index (κ3) is 5.26. The molecular weight excluding hydrogens is 449 g/mol. The molecule has 0 spiro atoms. The van der Waals surface area contributed by atoms with Gasteiger partial charge in [-0.2, -0.15) is 0 Å². The summed E-state index contributed by atoms with van der Waals surface area (Å²) in [7, 11) is 1.57. The smallest absolute Gasteiger partial charge is 0.262 e. The van der Waals surface area contributed by atoms with Crippen LogP contribution in [0.15, 0.2) is 53.9 Å². The number of fused-ring (bicyclic) bond motifs is 1. The van der Waals surface area contributed by atoms with E-state index in [2.05, 4.69) is 16.0 Å². The van der Waals surface area contributed by atoms with Crippen LogP contribution in [0.3, 0.4) is 0 Å². The fraction of sp³-hybridized carbons (Fsp3) is 0.333. The molecule has 0 atom stereocenters. The van der Waals surface area contributed by atoms with Gasteiger partial charge in [0.15, 0.2) is 0 Å². The van der Waals surface area contributed by atoms with E-state index < -0.39 is 0 Å². The number of amides is 1. The van der Waals surface area contributed by atoms with Gasteiger partial charge < -0.3 is 9.47 Å². The highest BCUT2D eigenvalue weighted by atomic mass is 35.5. The molecule has 4 rings (SSSR count). The number of carbonyl (C=O) groups excluding carboxylic acids is 1. The van der Waals surface area contributed by atoms with Crippen molar-refractivity contribution in [1.82, 2.24) is 14.8 Å². The van der Waals surface area contributed by atoms with Crippen LogP contribution >= 0.6 is 23.2 Å². The molecule has 0 saturated heterocycles. The van der Waals surface area contributed by atoms with Gasteiger partial charge in [-0.15, -0.1) is 0 Å². The molecule has 0 N–H and O–H groups in total. The van der Waals surface area contributed by atoms with Crippen molar-refractivity contribution in [3.63, 3.8) is 0 Å². The molecule has 168 valence electrons. The molecule has 1 aromatic carbocycles. The Morgan fingerprint density at radius 2 is 2.00 bits per heavy atom. The van der Waals surface area contributed by atoms with Crippen molar-refractivity contribution < 1.29 is 14.3 Å². The second-order valence-corrected chi connectivity index (χ2v) is 8.48. The van der Waals surface area contributed by atoms with Gasteiger partial charge in [0.25, 0.3) is 5.91 Å². The molecule has 0 radical (unpaired) electrons. The lowest BCUT2D eigenvalue weighted by molar-refractivity contribution is 0.0814. The molecule has 3 heterocycles. The van der Waals surface area contributed by atoms with Crippen LogP contribution in [0.2, 0.25) is 5.15 Å². The SMILES string of the molecule is COc1ccc2c(c1)OC=C(Cl)N(CCCCN1CC=C(c3cccc(Cl)n3)CC1)C2=O. The Morgan fingerprint density at radius 1 is 1.16 bits per heavy atom. The zero-order valence-electron chi connectivity index (χ0n) is 17.9. The van der Waals surface area contributed by atoms with Crippen molar-refractivity contribution in [2.24, 2.45) is 0 Å². The minimum atomic E-state index is -0.166. The highest BCUT2D eigenvalue weighted by Gasteiger charge is 2.25. The second-order valence-electron chi connectivity index (χ2n) is 7.71. The molecule has 2 aliphatic heterocycles. The summed E-state index contributed by atoms with van der Waals surface area (Å²) < 4.78 is 10.8. The summed E-state index contributed by atoms with van der Waals surface area (Å²) in [5.74, 6) is 0.903. The molecule has 2 aliphatic rings. The number of hydrogen-bond donors (Lipinski definition) is 0. The Balaban J connectivity index is 1.28. The second kappa shape index (κ2) is 10.4. The van der Waals surface area contributed by atoms with Crippen molar-refractivity contribution >= 4 is 34.7 Å². The summed E-state index contributed by atoms with van der Waals surface area (Å²) in [5.41, 5.74) is 2.67. The number of nitrogens with zero attached hydrogens (tertiary/aromatic N) is 3. The topological polar surface area (TPSA) is 54.9 Å². The van der Waals surface area contributed by atoms with Gasteiger partial charge in [-0.3, -0.25) is 14.6 Å². The normalized spacial score (nSPS) is 16.6. The number of unbranched alkanes of at least 4 members (excludes halogenated alkanes) is 1. The number of carbonyl (C=O) groups is 1. The third-order valence-electron chi connectivity index (χ3n) is 5.65. The van der Waals surface area contributed by atoms with Crippen molar-refractivity contribution in [2.75, 3.05) is 33.3 Å². The van der Waals surface area contributed by atoms with E-state index in [4.69, 9.17) is 32.7 Å². The summed E-state index contributed by atoms with van der Waals surface area (Å²) in [6, 6.07) is 10.9. The highest BCUT2D eigenvalue weighted by Crippen LogP contribution is 2.31. The summed E-state index contributed by atoms with van der Waals surface area (Å²) in [6.45, 7) is 3.35. The van der Waals surface area contributed by atoms with Gasteiger partial charge in [0.05, 0.1) is 18.4 Å². The molecule has 6 nitrogen and oxygen atoms in total. The first-order valence-corrected chi connectivity index (χ1v) is 11.4. The molecule has 1 aromatic heterocycles. The van der Waals surface area contributed by atoms with Gasteiger partial charge in [-0.25, -0.2) is 4.98 Å². The summed E-state index contributed by atoms with van der Waals surface area (Å²) in [5, 5.41) is 0.804. The summed E-state index contributed by atoms with van der Waals surface area (Å²) in [6.07, 6.45) is 6.38. The van der Waals surface area contributed by atoms with E-state index in [9.17, 15) is 4.79 Å². The number of halogens is 2. The van der Waals surface area contributed by atoms with E-state index >= 15 is 0 Å². The predicted molar refractivity (Wildman–Crippen MR) is 126 cm³/mol. The highest BCUT2D eigenvalue weighted by molar-refractivity contribution is 6.30. The molecule has 8 heteroatoms. The zero-order valence-corrected chi connectivity index (χ0v) is 19.4. The van der Waals surface area contributed by atoms with Gasteiger partial charge >= 0.3 is 0 Å². The largest absolute Gasteiger partial charge is 0.497 e. The molecule has 1 amide bonds. The number of methoxy groups -OCH3 is 1. The lowest BCUT2D eigenvalue weighted by Crippen LogP contribution is -2.31. The quantitative estimate of drug-likeness (QED) is 0.314. The van der Waals surface area contributed by atoms with E-state index in [-0.39, 0.29) is 11.1 Å². The molecule has 0 aliphatic carbocycles. The molecule has 0 bridgehead atoms. The monoisotopic (exact) mass is 473 g/mol. The zero-order chi connectivity index (χ0) is 22.5. The van der Waals surface area contributed by atoms with E-state index in [1.807, 2.05) is 12.1 Å². The Labute approximate surface area is 198 Å². The Hall–Kier alpha value is -2.54. The van der Waals surface area contributed by atoms with Gasteiger partial charge in [0, 0.05) is 25.7 Å². The van der Waals surface area contributed by atoms with Crippen LogP contribution in [0.1, 0.15) is 35.3 Å². The maximum atomic E-state index is 13.0. The minimum absolute atomic E-state index is 0.166. The predicted octanol–water partition coefficient (Wildman–Crippen LogP) is 5.19. The Bertz CT molecular complexity index is 1050. The molecule has 0 fully saturated rings. The maximum absolute atomic E-state index is 13.0. The average Bonchev–Trinajstić information content (AvgIpc) is 2.93. The van der Waals surface area contributed by atoms with Gasteiger partial charge in [-0.05, 0) is 55.6 Å². The lowest BCUT2D eigenvalue weighted by Gasteiger charge is -2.26. The van der Waals surface area contributed by atoms with E-state index in [1.165, 1.54) is 11.8 Å². The fourth-order valence-corrected chi connectivity index (χ4v) is 4.24. The first-order chi connectivity index (χ1) is 15.5. The van der Waals surface area contributed by atoms with E-state index in [1.54, 1.807) is 36.3 Å². The third-order valence-corrected chi connectivity index (χ3v) is 6.15. The Kier molecular flexibility index (Phi) is 7.35. The van der Waals surface area contributed by atoms with E-state index in [0.717, 1.165) is 44.6 Å². The van der Waals surface area contributed by atoms with Crippen LogP contribution in [0.25, 0.3) is 5.57 Å². The summed E-state index contributed by atoms with van der Waals surface area (Å²) in [4.78, 5) is 21.4. The molecular formula is C24H25Cl2N3O3. The first-order valence-electron chi connectivity index (χ1n) is 10.6. The van der Waals surface area contributed by atoms with Crippen molar-refractivity contribution in [3.8, 4) is 11.5 Å². The maximum Gasteiger partial charge on any atom is 0.262 e. The van der Waals surface area contributed by atoms with Gasteiger partial charge in [0.2, 0.25) is 0 Å². The fourth-order valence-electron chi connectivity index (χ4n) is 3.87. The number of benzene rings is 1. The number of rotatable bonds is 7. The van der Waals surface area contributed by atoms with Crippen molar-refractivity contribution in [1.29, 1.82) is 0 Å². The van der Waals surface area contributed by atoms with Crippen LogP contribution in [0.5, 0.6) is 11.5 Å². The molecule has 32 heavy (non-hydrogen) atoms. The van der Waals surface area contributed by atoms with Gasteiger partial charge in [-0.1, -0.05) is 35.3 Å². The summed E-state index contributed by atoms with van der Waals surface area (Å²) >= 11 is 12.3. The minimum Gasteiger partial charge on any atom is -0.497 e. The molecule has 0 saturated carbocycles. The van der Waals surface area contributed by atoms with Gasteiger partial charge in [0.1, 0.15) is 28.1 Å². The number of pyridine rings is 1. The van der Waals surface area contributed by atoms with Crippen LogP contribution in [-0.4, -0.2) is 54.0 Å².